The van der Waals surface area contributed by atoms with E-state index in [9.17, 15) is 14.7 Å². The molecule has 0 bridgehead atoms. The predicted molar refractivity (Wildman–Crippen MR) is 92.3 cm³/mol. The van der Waals surface area contributed by atoms with Crippen LogP contribution in [-0.4, -0.2) is 28.7 Å². The summed E-state index contributed by atoms with van der Waals surface area (Å²) in [5, 5.41) is 18.2. The molecule has 2 rings (SSSR count). The van der Waals surface area contributed by atoms with Crippen molar-refractivity contribution in [3.8, 4) is 11.1 Å². The first-order chi connectivity index (χ1) is 11.2. The second kappa shape index (κ2) is 6.84. The Labute approximate surface area is 140 Å². The van der Waals surface area contributed by atoms with E-state index in [-0.39, 0.29) is 16.5 Å². The summed E-state index contributed by atoms with van der Waals surface area (Å²) in [6.07, 6.45) is 0.626. The molecule has 2 aromatic rings. The van der Waals surface area contributed by atoms with Crippen molar-refractivity contribution in [3.63, 3.8) is 0 Å². The van der Waals surface area contributed by atoms with E-state index in [2.05, 4.69) is 0 Å². The van der Waals surface area contributed by atoms with E-state index in [1.807, 2.05) is 13.8 Å². The maximum Gasteiger partial charge on any atom is 0.335 e. The first kappa shape index (κ1) is 17.7. The van der Waals surface area contributed by atoms with Gasteiger partial charge in [-0.15, -0.1) is 0 Å². The molecule has 0 heterocycles. The summed E-state index contributed by atoms with van der Waals surface area (Å²) in [4.78, 5) is 22.2. The molecule has 5 heteroatoms. The van der Waals surface area contributed by atoms with Crippen LogP contribution in [0.5, 0.6) is 0 Å². The van der Waals surface area contributed by atoms with Crippen LogP contribution in [0.1, 0.15) is 40.1 Å². The smallest absolute Gasteiger partial charge is 0.335 e. The van der Waals surface area contributed by atoms with Crippen LogP contribution >= 0.6 is 0 Å². The fourth-order valence-electron chi connectivity index (χ4n) is 2.53. The highest BCUT2D eigenvalue weighted by Gasteiger charge is 2.20. The molecule has 5 nitrogen and oxygen atoms in total. The number of hydrogen-bond donors (Lipinski definition) is 3. The van der Waals surface area contributed by atoms with Crippen LogP contribution in [0.15, 0.2) is 42.5 Å². The molecule has 2 aromatic carbocycles. The first-order valence-electron chi connectivity index (χ1n) is 7.63. The fourth-order valence-corrected chi connectivity index (χ4v) is 2.53. The molecule has 0 aromatic heterocycles. The number of carbonyl (C=O) groups is 2. The molecular formula is C19H21NO4. The van der Waals surface area contributed by atoms with Crippen LogP contribution < -0.4 is 5.73 Å². The second-order valence-corrected chi connectivity index (χ2v) is 6.60. The fraction of sp³-hybridized carbons (Fsp3) is 0.263. The lowest BCUT2D eigenvalue weighted by molar-refractivity contribution is 0.0686. The van der Waals surface area contributed by atoms with Crippen molar-refractivity contribution in [1.29, 1.82) is 0 Å². The molecule has 0 aliphatic rings. The Balaban J connectivity index is 2.51. The molecule has 4 N–H and O–H groups in total. The van der Waals surface area contributed by atoms with E-state index < -0.39 is 11.9 Å². The van der Waals surface area contributed by atoms with Crippen LogP contribution in [0.3, 0.4) is 0 Å². The Morgan fingerprint density at radius 3 is 2.00 bits per heavy atom. The third-order valence-corrected chi connectivity index (χ3v) is 4.02. The van der Waals surface area contributed by atoms with E-state index in [4.69, 9.17) is 10.8 Å². The van der Waals surface area contributed by atoms with Gasteiger partial charge in [-0.25, -0.2) is 9.59 Å². The maximum absolute atomic E-state index is 11.3. The van der Waals surface area contributed by atoms with E-state index in [0.717, 1.165) is 16.7 Å². The summed E-state index contributed by atoms with van der Waals surface area (Å²) in [7, 11) is 0. The average molecular weight is 327 g/mol. The number of carboxylic acids is 2. The highest BCUT2D eigenvalue weighted by molar-refractivity contribution is 5.90. The zero-order valence-electron chi connectivity index (χ0n) is 13.7. The van der Waals surface area contributed by atoms with Crippen LogP contribution in [0, 0.1) is 5.41 Å². The van der Waals surface area contributed by atoms with Crippen molar-refractivity contribution in [2.75, 3.05) is 6.54 Å². The van der Waals surface area contributed by atoms with Crippen LogP contribution in [-0.2, 0) is 6.42 Å². The third-order valence-electron chi connectivity index (χ3n) is 4.02. The minimum atomic E-state index is -0.979. The monoisotopic (exact) mass is 327 g/mol. The minimum Gasteiger partial charge on any atom is -0.478 e. The highest BCUT2D eigenvalue weighted by Crippen LogP contribution is 2.30. The van der Waals surface area contributed by atoms with Gasteiger partial charge in [0.05, 0.1) is 11.1 Å². The Bertz CT molecular complexity index is 763. The summed E-state index contributed by atoms with van der Waals surface area (Å²) < 4.78 is 0. The molecule has 0 atom stereocenters. The largest absolute Gasteiger partial charge is 0.478 e. The number of nitrogens with two attached hydrogens (primary N) is 1. The first-order valence-corrected chi connectivity index (χ1v) is 7.63. The zero-order valence-corrected chi connectivity index (χ0v) is 13.7. The van der Waals surface area contributed by atoms with Gasteiger partial charge in [-0.2, -0.15) is 0 Å². The number of carboxylic acid groups (broad SMARTS) is 2. The van der Waals surface area contributed by atoms with Crippen molar-refractivity contribution in [2.24, 2.45) is 11.1 Å². The Morgan fingerprint density at radius 1 is 0.958 bits per heavy atom. The summed E-state index contributed by atoms with van der Waals surface area (Å²) in [5.41, 5.74) is 8.69. The lowest BCUT2D eigenvalue weighted by Crippen LogP contribution is -2.26. The van der Waals surface area contributed by atoms with Crippen LogP contribution in [0.2, 0.25) is 0 Å². The van der Waals surface area contributed by atoms with Gasteiger partial charge in [0.1, 0.15) is 0 Å². The van der Waals surface area contributed by atoms with E-state index in [1.54, 1.807) is 42.5 Å². The zero-order chi connectivity index (χ0) is 17.9. The van der Waals surface area contributed by atoms with E-state index in [0.29, 0.717) is 13.0 Å². The van der Waals surface area contributed by atoms with Crippen molar-refractivity contribution >= 4 is 11.9 Å². The molecule has 0 amide bonds. The molecule has 0 radical (unpaired) electrons. The number of aromatic carboxylic acids is 2. The summed E-state index contributed by atoms with van der Waals surface area (Å²) in [6.45, 7) is 4.52. The molecule has 0 aliphatic heterocycles. The Morgan fingerprint density at radius 2 is 1.50 bits per heavy atom. The molecular weight excluding hydrogens is 306 g/mol. The van der Waals surface area contributed by atoms with Gasteiger partial charge in [-0.1, -0.05) is 32.0 Å². The quantitative estimate of drug-likeness (QED) is 0.756. The third kappa shape index (κ3) is 4.00. The van der Waals surface area contributed by atoms with Crippen molar-refractivity contribution in [1.82, 2.24) is 0 Å². The summed E-state index contributed by atoms with van der Waals surface area (Å²) in [6, 6.07) is 11.5. The number of benzene rings is 2. The van der Waals surface area contributed by atoms with Crippen LogP contribution in [0.25, 0.3) is 11.1 Å². The molecule has 0 fully saturated rings. The van der Waals surface area contributed by atoms with Gasteiger partial charge in [0.15, 0.2) is 0 Å². The molecule has 0 unspecified atom stereocenters. The number of hydrogen-bond acceptors (Lipinski definition) is 3. The minimum absolute atomic E-state index is 0.174. The Hall–Kier alpha value is -2.66. The summed E-state index contributed by atoms with van der Waals surface area (Å²) in [5.74, 6) is -1.96. The second-order valence-electron chi connectivity index (χ2n) is 6.60. The summed E-state index contributed by atoms with van der Waals surface area (Å²) >= 11 is 0. The van der Waals surface area contributed by atoms with Gasteiger partial charge < -0.3 is 15.9 Å². The molecule has 0 saturated carbocycles. The molecule has 0 spiro atoms. The van der Waals surface area contributed by atoms with Gasteiger partial charge in [-0.3, -0.25) is 0 Å². The van der Waals surface area contributed by atoms with Gasteiger partial charge in [0.2, 0.25) is 0 Å². The van der Waals surface area contributed by atoms with Gasteiger partial charge in [-0.05, 0) is 59.3 Å². The van der Waals surface area contributed by atoms with E-state index >= 15 is 0 Å². The molecule has 0 aliphatic carbocycles. The van der Waals surface area contributed by atoms with Crippen molar-refractivity contribution < 1.29 is 19.8 Å². The van der Waals surface area contributed by atoms with Crippen molar-refractivity contribution in [2.45, 2.75) is 20.3 Å². The van der Waals surface area contributed by atoms with E-state index in [1.165, 1.54) is 0 Å². The SMILES string of the molecule is CC(C)(CN)Cc1cc(C(=O)O)ccc1-c1ccc(C(=O)O)cc1. The normalized spacial score (nSPS) is 11.3. The highest BCUT2D eigenvalue weighted by atomic mass is 16.4. The van der Waals surface area contributed by atoms with Gasteiger partial charge in [0, 0.05) is 0 Å². The maximum atomic E-state index is 11.3. The number of rotatable bonds is 6. The molecule has 126 valence electrons. The Kier molecular flexibility index (Phi) is 5.04. The van der Waals surface area contributed by atoms with Gasteiger partial charge >= 0.3 is 11.9 Å². The van der Waals surface area contributed by atoms with Crippen molar-refractivity contribution in [3.05, 3.63) is 59.2 Å². The standard InChI is InChI=1S/C19H21NO4/c1-19(2,11-20)10-15-9-14(18(23)24)7-8-16(15)12-3-5-13(6-4-12)17(21)22/h3-9H,10-11,20H2,1-2H3,(H,21,22)(H,23,24). The molecule has 24 heavy (non-hydrogen) atoms. The topological polar surface area (TPSA) is 101 Å². The average Bonchev–Trinajstić information content (AvgIpc) is 2.54. The lowest BCUT2D eigenvalue weighted by atomic mass is 9.82. The molecule has 0 saturated heterocycles. The predicted octanol–water partition coefficient (Wildman–Crippen LogP) is 3.28. The lowest BCUT2D eigenvalue weighted by Gasteiger charge is -2.24. The van der Waals surface area contributed by atoms with Gasteiger partial charge in [0.25, 0.3) is 0 Å². The van der Waals surface area contributed by atoms with Crippen LogP contribution in [0.4, 0.5) is 0 Å².